The molecule has 1 amide bonds. The van der Waals surface area contributed by atoms with E-state index in [1.54, 1.807) is 12.3 Å². The van der Waals surface area contributed by atoms with E-state index in [1.165, 1.54) is 17.8 Å². The monoisotopic (exact) mass is 417 g/mol. The standard InChI is InChI=1S/C21H27N3O4S/c1-12-5-4-6-17(14(12)3)24-9-15(7-19(24)26)21(27)28-10-18(25)16(8-22)20-23-13(2)11-29-20/h11-12,14-17H,4-7,9-10H2,1-3H3/t12-,14-,15+,16-,17+/m0/s1. The van der Waals surface area contributed by atoms with Crippen molar-refractivity contribution in [2.45, 2.75) is 58.4 Å². The average Bonchev–Trinajstić information content (AvgIpc) is 3.28. The van der Waals surface area contributed by atoms with Crippen LogP contribution in [0.3, 0.4) is 0 Å². The molecule has 2 aliphatic rings. The van der Waals surface area contributed by atoms with Crippen molar-refractivity contribution in [3.63, 3.8) is 0 Å². The van der Waals surface area contributed by atoms with Gasteiger partial charge in [0.15, 0.2) is 18.3 Å². The number of thiazole rings is 1. The third-order valence-electron chi connectivity index (χ3n) is 6.25. The number of nitrogens with zero attached hydrogens (tertiary/aromatic N) is 3. The Labute approximate surface area is 175 Å². The van der Waals surface area contributed by atoms with Gasteiger partial charge in [0.2, 0.25) is 5.91 Å². The minimum atomic E-state index is -1.03. The van der Waals surface area contributed by atoms with E-state index in [4.69, 9.17) is 4.74 Å². The number of hydrogen-bond donors (Lipinski definition) is 0. The number of ether oxygens (including phenoxy) is 1. The first-order valence-electron chi connectivity index (χ1n) is 10.1. The fourth-order valence-electron chi connectivity index (χ4n) is 4.32. The Bertz CT molecular complexity index is 830. The average molecular weight is 418 g/mol. The lowest BCUT2D eigenvalue weighted by molar-refractivity contribution is -0.152. The van der Waals surface area contributed by atoms with Gasteiger partial charge in [0, 0.05) is 30.1 Å². The molecule has 7 nitrogen and oxygen atoms in total. The molecular weight excluding hydrogens is 390 g/mol. The number of carbonyl (C=O) groups excluding carboxylic acids is 3. The zero-order valence-corrected chi connectivity index (χ0v) is 17.9. The number of ketones is 1. The lowest BCUT2D eigenvalue weighted by Crippen LogP contribution is -2.45. The molecule has 0 bridgehead atoms. The Morgan fingerprint density at radius 2 is 2.17 bits per heavy atom. The molecule has 1 aromatic rings. The Morgan fingerprint density at radius 1 is 1.41 bits per heavy atom. The van der Waals surface area contributed by atoms with Crippen molar-refractivity contribution in [3.8, 4) is 6.07 Å². The summed E-state index contributed by atoms with van der Waals surface area (Å²) < 4.78 is 5.19. The summed E-state index contributed by atoms with van der Waals surface area (Å²) in [6.45, 7) is 6.05. The van der Waals surface area contributed by atoms with Crippen LogP contribution in [0.15, 0.2) is 5.38 Å². The fraction of sp³-hybridized carbons (Fsp3) is 0.667. The van der Waals surface area contributed by atoms with Crippen molar-refractivity contribution in [2.24, 2.45) is 17.8 Å². The minimum absolute atomic E-state index is 0.0163. The van der Waals surface area contributed by atoms with Gasteiger partial charge >= 0.3 is 5.97 Å². The highest BCUT2D eigenvalue weighted by atomic mass is 32.1. The summed E-state index contributed by atoms with van der Waals surface area (Å²) >= 11 is 1.24. The Morgan fingerprint density at radius 3 is 2.83 bits per heavy atom. The summed E-state index contributed by atoms with van der Waals surface area (Å²) in [7, 11) is 0. The molecule has 29 heavy (non-hydrogen) atoms. The summed E-state index contributed by atoms with van der Waals surface area (Å²) in [5.74, 6) is -1.68. The highest BCUT2D eigenvalue weighted by molar-refractivity contribution is 7.09. The second-order valence-electron chi connectivity index (χ2n) is 8.25. The van der Waals surface area contributed by atoms with Crippen molar-refractivity contribution >= 4 is 29.0 Å². The van der Waals surface area contributed by atoms with E-state index < -0.39 is 30.2 Å². The van der Waals surface area contributed by atoms with Crippen molar-refractivity contribution in [1.82, 2.24) is 9.88 Å². The summed E-state index contributed by atoms with van der Waals surface area (Å²) in [6, 6.07) is 2.10. The van der Waals surface area contributed by atoms with Crippen molar-refractivity contribution in [3.05, 3.63) is 16.1 Å². The number of carbonyl (C=O) groups is 3. The Balaban J connectivity index is 1.55. The molecule has 0 unspecified atom stereocenters. The zero-order chi connectivity index (χ0) is 21.1. The SMILES string of the molecule is Cc1csc([C@@H](C#N)C(=O)COC(=O)[C@@H]2CC(=O)N([C@@H]3CCC[C@H](C)[C@@H]3C)C2)n1. The topological polar surface area (TPSA) is 100 Å². The molecule has 0 N–H and O–H groups in total. The number of likely N-dealkylation sites (tertiary alicyclic amines) is 1. The molecule has 1 saturated carbocycles. The van der Waals surface area contributed by atoms with E-state index in [-0.39, 0.29) is 18.4 Å². The number of nitriles is 1. The van der Waals surface area contributed by atoms with Crippen molar-refractivity contribution in [2.75, 3.05) is 13.2 Å². The Hall–Kier alpha value is -2.27. The van der Waals surface area contributed by atoms with Gasteiger partial charge in [-0.2, -0.15) is 5.26 Å². The van der Waals surface area contributed by atoms with Gasteiger partial charge in [-0.3, -0.25) is 14.4 Å². The highest BCUT2D eigenvalue weighted by Gasteiger charge is 2.42. The second-order valence-corrected chi connectivity index (χ2v) is 9.13. The summed E-state index contributed by atoms with van der Waals surface area (Å²) in [5, 5.41) is 11.5. The summed E-state index contributed by atoms with van der Waals surface area (Å²) in [4.78, 5) is 43.4. The third kappa shape index (κ3) is 4.67. The quantitative estimate of drug-likeness (QED) is 0.660. The molecule has 3 rings (SSSR count). The molecule has 1 aliphatic carbocycles. The van der Waals surface area contributed by atoms with E-state index in [0.29, 0.717) is 23.4 Å². The van der Waals surface area contributed by atoms with Crippen LogP contribution in [0.2, 0.25) is 0 Å². The van der Waals surface area contributed by atoms with Crippen LogP contribution in [0.25, 0.3) is 0 Å². The predicted molar refractivity (Wildman–Crippen MR) is 107 cm³/mol. The van der Waals surface area contributed by atoms with Gasteiger partial charge in [-0.1, -0.05) is 26.7 Å². The predicted octanol–water partition coefficient (Wildman–Crippen LogP) is 2.84. The summed E-state index contributed by atoms with van der Waals surface area (Å²) in [6.07, 6.45) is 3.36. The van der Waals surface area contributed by atoms with Gasteiger partial charge in [-0.25, -0.2) is 4.98 Å². The minimum Gasteiger partial charge on any atom is -0.457 e. The molecule has 0 radical (unpaired) electrons. The van der Waals surface area contributed by atoms with Gasteiger partial charge in [0.1, 0.15) is 5.01 Å². The number of amides is 1. The second kappa shape index (κ2) is 9.04. The maximum Gasteiger partial charge on any atom is 0.311 e. The number of aromatic nitrogens is 1. The van der Waals surface area contributed by atoms with Crippen LogP contribution >= 0.6 is 11.3 Å². The molecule has 0 spiro atoms. The van der Waals surface area contributed by atoms with E-state index in [1.807, 2.05) is 11.0 Å². The molecule has 8 heteroatoms. The first kappa shape index (κ1) is 21.4. The van der Waals surface area contributed by atoms with Crippen LogP contribution in [-0.2, 0) is 19.1 Å². The van der Waals surface area contributed by atoms with Crippen molar-refractivity contribution in [1.29, 1.82) is 5.26 Å². The lowest BCUT2D eigenvalue weighted by Gasteiger charge is -2.39. The van der Waals surface area contributed by atoms with Gasteiger partial charge in [0.05, 0.1) is 12.0 Å². The number of esters is 1. The molecule has 1 saturated heterocycles. The van der Waals surface area contributed by atoms with E-state index in [2.05, 4.69) is 18.8 Å². The van der Waals surface area contributed by atoms with Crippen LogP contribution in [0, 0.1) is 36.0 Å². The zero-order valence-electron chi connectivity index (χ0n) is 17.1. The highest BCUT2D eigenvalue weighted by Crippen LogP contribution is 2.36. The van der Waals surface area contributed by atoms with Crippen LogP contribution in [0.4, 0.5) is 0 Å². The van der Waals surface area contributed by atoms with Crippen LogP contribution in [0.1, 0.15) is 56.2 Å². The maximum atomic E-state index is 12.5. The van der Waals surface area contributed by atoms with Gasteiger partial charge in [0.25, 0.3) is 0 Å². The number of aryl methyl sites for hydroxylation is 1. The van der Waals surface area contributed by atoms with Gasteiger partial charge in [-0.05, 0) is 25.2 Å². The molecule has 2 fully saturated rings. The first-order chi connectivity index (χ1) is 13.8. The van der Waals surface area contributed by atoms with Crippen LogP contribution < -0.4 is 0 Å². The van der Waals surface area contributed by atoms with E-state index in [9.17, 15) is 19.6 Å². The molecule has 2 heterocycles. The molecular formula is C21H27N3O4S. The third-order valence-corrected chi connectivity index (χ3v) is 7.27. The molecule has 1 aliphatic heterocycles. The van der Waals surface area contributed by atoms with Crippen LogP contribution in [0.5, 0.6) is 0 Å². The van der Waals surface area contributed by atoms with Gasteiger partial charge < -0.3 is 9.64 Å². The van der Waals surface area contributed by atoms with E-state index in [0.717, 1.165) is 18.5 Å². The largest absolute Gasteiger partial charge is 0.457 e. The molecule has 156 valence electrons. The fourth-order valence-corrected chi connectivity index (χ4v) is 5.18. The molecule has 1 aromatic heterocycles. The number of rotatable bonds is 6. The molecule has 0 aromatic carbocycles. The normalized spacial score (nSPS) is 28.1. The lowest BCUT2D eigenvalue weighted by atomic mass is 9.77. The van der Waals surface area contributed by atoms with Crippen LogP contribution in [-0.4, -0.2) is 46.7 Å². The maximum absolute atomic E-state index is 12.5. The Kier molecular flexibility index (Phi) is 6.68. The first-order valence-corrected chi connectivity index (χ1v) is 11.0. The number of Topliss-reactive ketones (excluding diaryl/α,β-unsaturated/α-hetero) is 1. The number of hydrogen-bond acceptors (Lipinski definition) is 7. The summed E-state index contributed by atoms with van der Waals surface area (Å²) in [5.41, 5.74) is 0.742. The molecule has 5 atom stereocenters. The van der Waals surface area contributed by atoms with E-state index >= 15 is 0 Å². The smallest absolute Gasteiger partial charge is 0.311 e. The van der Waals surface area contributed by atoms with Gasteiger partial charge in [-0.15, -0.1) is 11.3 Å². The van der Waals surface area contributed by atoms with Crippen molar-refractivity contribution < 1.29 is 19.1 Å².